The first kappa shape index (κ1) is 14.3. The van der Waals surface area contributed by atoms with E-state index in [-0.39, 0.29) is 16.5 Å². The van der Waals surface area contributed by atoms with Gasteiger partial charge in [0.1, 0.15) is 5.75 Å². The Kier molecular flexibility index (Phi) is 4.22. The first-order valence-electron chi connectivity index (χ1n) is 5.88. The molecule has 0 fully saturated rings. The zero-order valence-electron chi connectivity index (χ0n) is 10.6. The van der Waals surface area contributed by atoms with Crippen LogP contribution in [0.25, 0.3) is 0 Å². The molecule has 0 aliphatic carbocycles. The van der Waals surface area contributed by atoms with Crippen molar-refractivity contribution in [2.45, 2.75) is 13.0 Å². The van der Waals surface area contributed by atoms with Crippen molar-refractivity contribution in [1.29, 1.82) is 0 Å². The van der Waals surface area contributed by atoms with Crippen LogP contribution in [0.15, 0.2) is 42.5 Å². The third-order valence-electron chi connectivity index (χ3n) is 2.73. The van der Waals surface area contributed by atoms with Crippen LogP contribution in [0.3, 0.4) is 0 Å². The minimum Gasteiger partial charge on any atom is -0.449 e. The van der Waals surface area contributed by atoms with E-state index in [1.54, 1.807) is 31.2 Å². The summed E-state index contributed by atoms with van der Waals surface area (Å²) >= 11 is 5.94. The van der Waals surface area contributed by atoms with Crippen LogP contribution in [0.4, 0.5) is 5.69 Å². The fourth-order valence-electron chi connectivity index (χ4n) is 1.67. The number of halogens is 1. The molecule has 0 aromatic heterocycles. The van der Waals surface area contributed by atoms with Gasteiger partial charge >= 0.3 is 5.69 Å². The molecule has 0 saturated heterocycles. The zero-order valence-corrected chi connectivity index (χ0v) is 11.4. The fraction of sp³-hybridized carbons (Fsp3) is 0.143. The Morgan fingerprint density at radius 1 is 1.25 bits per heavy atom. The summed E-state index contributed by atoms with van der Waals surface area (Å²) in [6, 6.07) is 10.9. The SMILES string of the molecule is C[C@H](O)c1ccc(Oc2c(Cl)cccc2[N+](=O)[O-])cc1. The van der Waals surface area contributed by atoms with Gasteiger partial charge in [-0.3, -0.25) is 10.1 Å². The number of hydrogen-bond donors (Lipinski definition) is 1. The van der Waals surface area contributed by atoms with Crippen molar-refractivity contribution < 1.29 is 14.8 Å². The highest BCUT2D eigenvalue weighted by molar-refractivity contribution is 6.32. The molecule has 0 aliphatic heterocycles. The van der Waals surface area contributed by atoms with Crippen LogP contribution >= 0.6 is 11.6 Å². The maximum absolute atomic E-state index is 10.9. The quantitative estimate of drug-likeness (QED) is 0.680. The Morgan fingerprint density at radius 3 is 2.45 bits per heavy atom. The third-order valence-corrected chi connectivity index (χ3v) is 3.02. The van der Waals surface area contributed by atoms with Gasteiger partial charge in [0.05, 0.1) is 16.0 Å². The van der Waals surface area contributed by atoms with Gasteiger partial charge in [-0.05, 0) is 30.7 Å². The van der Waals surface area contributed by atoms with Gasteiger partial charge in [-0.25, -0.2) is 0 Å². The Hall–Kier alpha value is -2.11. The predicted octanol–water partition coefficient (Wildman–Crippen LogP) is 4.09. The molecule has 0 unspecified atom stereocenters. The van der Waals surface area contributed by atoms with Crippen molar-refractivity contribution >= 4 is 17.3 Å². The molecule has 0 amide bonds. The summed E-state index contributed by atoms with van der Waals surface area (Å²) in [5.41, 5.74) is 0.531. The second kappa shape index (κ2) is 5.90. The van der Waals surface area contributed by atoms with E-state index in [9.17, 15) is 15.2 Å². The molecule has 6 heteroatoms. The molecule has 0 saturated carbocycles. The van der Waals surface area contributed by atoms with Crippen LogP contribution < -0.4 is 4.74 Å². The molecule has 2 rings (SSSR count). The number of hydrogen-bond acceptors (Lipinski definition) is 4. The van der Waals surface area contributed by atoms with Crippen molar-refractivity contribution in [3.05, 3.63) is 63.2 Å². The minimum atomic E-state index is -0.585. The Balaban J connectivity index is 2.32. The molecule has 0 aliphatic rings. The number of aliphatic hydroxyl groups excluding tert-OH is 1. The lowest BCUT2D eigenvalue weighted by Crippen LogP contribution is -1.95. The smallest absolute Gasteiger partial charge is 0.313 e. The van der Waals surface area contributed by atoms with Crippen LogP contribution in [0, 0.1) is 10.1 Å². The predicted molar refractivity (Wildman–Crippen MR) is 75.3 cm³/mol. The summed E-state index contributed by atoms with van der Waals surface area (Å²) in [7, 11) is 0. The lowest BCUT2D eigenvalue weighted by molar-refractivity contribution is -0.385. The molecule has 1 N–H and O–H groups in total. The summed E-state index contributed by atoms with van der Waals surface area (Å²) in [4.78, 5) is 10.4. The maximum Gasteiger partial charge on any atom is 0.313 e. The molecule has 0 bridgehead atoms. The van der Waals surface area contributed by atoms with Gasteiger partial charge in [-0.1, -0.05) is 29.8 Å². The highest BCUT2D eigenvalue weighted by Crippen LogP contribution is 2.37. The van der Waals surface area contributed by atoms with Crippen LogP contribution in [0.1, 0.15) is 18.6 Å². The standard InChI is InChI=1S/C14H12ClNO4/c1-9(17)10-5-7-11(8-6-10)20-14-12(15)3-2-4-13(14)16(18)19/h2-9,17H,1H3/t9-/m0/s1. The average Bonchev–Trinajstić information content (AvgIpc) is 2.41. The summed E-state index contributed by atoms with van der Waals surface area (Å²) in [6.45, 7) is 1.65. The monoisotopic (exact) mass is 293 g/mol. The Bertz CT molecular complexity index is 626. The molecule has 20 heavy (non-hydrogen) atoms. The van der Waals surface area contributed by atoms with Gasteiger partial charge < -0.3 is 9.84 Å². The van der Waals surface area contributed by atoms with E-state index < -0.39 is 11.0 Å². The van der Waals surface area contributed by atoms with Crippen molar-refractivity contribution in [2.24, 2.45) is 0 Å². The van der Waals surface area contributed by atoms with Crippen molar-refractivity contribution in [3.8, 4) is 11.5 Å². The number of ether oxygens (including phenoxy) is 1. The molecular formula is C14H12ClNO4. The van der Waals surface area contributed by atoms with Gasteiger partial charge in [0.15, 0.2) is 0 Å². The van der Waals surface area contributed by atoms with Crippen LogP contribution in [-0.2, 0) is 0 Å². The van der Waals surface area contributed by atoms with Gasteiger partial charge in [-0.15, -0.1) is 0 Å². The normalized spacial score (nSPS) is 11.9. The second-order valence-electron chi connectivity index (χ2n) is 4.19. The topological polar surface area (TPSA) is 72.6 Å². The number of nitro benzene ring substituents is 1. The molecule has 0 heterocycles. The molecule has 0 radical (unpaired) electrons. The maximum atomic E-state index is 10.9. The zero-order chi connectivity index (χ0) is 14.7. The Morgan fingerprint density at radius 2 is 1.90 bits per heavy atom. The second-order valence-corrected chi connectivity index (χ2v) is 4.60. The summed E-state index contributed by atoms with van der Waals surface area (Å²) in [5, 5.41) is 20.5. The summed E-state index contributed by atoms with van der Waals surface area (Å²) in [5.74, 6) is 0.412. The minimum absolute atomic E-state index is 0.00367. The molecular weight excluding hydrogens is 282 g/mol. The van der Waals surface area contributed by atoms with Gasteiger partial charge in [0.25, 0.3) is 0 Å². The number of benzene rings is 2. The first-order valence-corrected chi connectivity index (χ1v) is 6.25. The number of para-hydroxylation sites is 1. The lowest BCUT2D eigenvalue weighted by atomic mass is 10.1. The third kappa shape index (κ3) is 3.07. The molecule has 1 atom stereocenters. The van der Waals surface area contributed by atoms with Crippen molar-refractivity contribution in [1.82, 2.24) is 0 Å². The number of aliphatic hydroxyl groups is 1. The van der Waals surface area contributed by atoms with E-state index in [4.69, 9.17) is 16.3 Å². The van der Waals surface area contributed by atoms with E-state index in [0.29, 0.717) is 5.75 Å². The van der Waals surface area contributed by atoms with Crippen LogP contribution in [0.5, 0.6) is 11.5 Å². The summed E-state index contributed by atoms with van der Waals surface area (Å²) < 4.78 is 5.48. The number of rotatable bonds is 4. The number of nitro groups is 1. The van der Waals surface area contributed by atoms with E-state index in [1.807, 2.05) is 0 Å². The van der Waals surface area contributed by atoms with E-state index in [1.165, 1.54) is 18.2 Å². The highest BCUT2D eigenvalue weighted by atomic mass is 35.5. The molecule has 5 nitrogen and oxygen atoms in total. The van der Waals surface area contributed by atoms with Gasteiger partial charge in [0, 0.05) is 6.07 Å². The first-order chi connectivity index (χ1) is 9.49. The van der Waals surface area contributed by atoms with Crippen molar-refractivity contribution in [2.75, 3.05) is 0 Å². The van der Waals surface area contributed by atoms with E-state index in [0.717, 1.165) is 5.56 Å². The van der Waals surface area contributed by atoms with Crippen LogP contribution in [-0.4, -0.2) is 10.0 Å². The van der Waals surface area contributed by atoms with E-state index >= 15 is 0 Å². The van der Waals surface area contributed by atoms with Gasteiger partial charge in [0.2, 0.25) is 5.75 Å². The average molecular weight is 294 g/mol. The molecule has 2 aromatic rings. The Labute approximate surface area is 120 Å². The molecule has 2 aromatic carbocycles. The molecule has 104 valence electrons. The van der Waals surface area contributed by atoms with Crippen LogP contribution in [0.2, 0.25) is 5.02 Å². The van der Waals surface area contributed by atoms with E-state index in [2.05, 4.69) is 0 Å². The number of nitrogens with zero attached hydrogens (tertiary/aromatic N) is 1. The largest absolute Gasteiger partial charge is 0.449 e. The van der Waals surface area contributed by atoms with Crippen molar-refractivity contribution in [3.63, 3.8) is 0 Å². The lowest BCUT2D eigenvalue weighted by Gasteiger charge is -2.09. The fourth-order valence-corrected chi connectivity index (χ4v) is 1.88. The molecule has 0 spiro atoms. The van der Waals surface area contributed by atoms with Gasteiger partial charge in [-0.2, -0.15) is 0 Å². The highest BCUT2D eigenvalue weighted by Gasteiger charge is 2.19. The summed E-state index contributed by atoms with van der Waals surface area (Å²) in [6.07, 6.45) is -0.585.